The third-order valence-electron chi connectivity index (χ3n) is 2.57. The van der Waals surface area contributed by atoms with Gasteiger partial charge in [0.15, 0.2) is 0 Å². The summed E-state index contributed by atoms with van der Waals surface area (Å²) in [5.74, 6) is 0.204. The van der Waals surface area contributed by atoms with Gasteiger partial charge in [-0.15, -0.1) is 0 Å². The first-order chi connectivity index (χ1) is 9.51. The molecule has 1 aromatic rings. The maximum atomic E-state index is 12.0. The van der Waals surface area contributed by atoms with Crippen molar-refractivity contribution in [3.8, 4) is 5.75 Å². The molecule has 5 nitrogen and oxygen atoms in total. The molecule has 1 unspecified atom stereocenters. The number of aliphatic hydroxyl groups excluding tert-OH is 1. The number of hydrogen-bond acceptors (Lipinski definition) is 3. The normalized spacial score (nSPS) is 12.1. The first kappa shape index (κ1) is 16.2. The van der Waals surface area contributed by atoms with Gasteiger partial charge < -0.3 is 20.5 Å². The number of urea groups is 1. The number of hydrogen-bond donors (Lipinski definition) is 3. The second kappa shape index (κ2) is 8.31. The van der Waals surface area contributed by atoms with Crippen molar-refractivity contribution in [1.29, 1.82) is 0 Å². The molecule has 0 aromatic heterocycles. The summed E-state index contributed by atoms with van der Waals surface area (Å²) in [6, 6.07) is 5.23. The van der Waals surface area contributed by atoms with Gasteiger partial charge in [-0.25, -0.2) is 4.79 Å². The summed E-state index contributed by atoms with van der Waals surface area (Å²) in [7, 11) is 0. The van der Waals surface area contributed by atoms with E-state index in [2.05, 4.69) is 15.4 Å². The van der Waals surface area contributed by atoms with Crippen molar-refractivity contribution in [2.75, 3.05) is 18.5 Å². The van der Waals surface area contributed by atoms with Gasteiger partial charge in [-0.05, 0) is 36.6 Å². The Morgan fingerprint density at radius 1 is 1.35 bits per heavy atom. The Hall–Kier alpha value is -1.89. The van der Waals surface area contributed by atoms with E-state index in [4.69, 9.17) is 5.11 Å². The molecule has 112 valence electrons. The number of ether oxygens (including phenoxy) is 1. The van der Waals surface area contributed by atoms with E-state index in [1.807, 2.05) is 6.92 Å². The van der Waals surface area contributed by atoms with Crippen LogP contribution in [0.1, 0.15) is 13.3 Å². The number of halogens is 2. The van der Waals surface area contributed by atoms with Crippen LogP contribution >= 0.6 is 0 Å². The molecular formula is C13H18F2N2O3. The predicted octanol–water partition coefficient (Wildman–Crippen LogP) is 2.43. The molecule has 0 aliphatic heterocycles. The highest BCUT2D eigenvalue weighted by molar-refractivity contribution is 5.89. The van der Waals surface area contributed by atoms with E-state index in [9.17, 15) is 13.6 Å². The number of benzene rings is 1. The fourth-order valence-electron chi connectivity index (χ4n) is 1.48. The number of aliphatic hydroxyl groups is 1. The summed E-state index contributed by atoms with van der Waals surface area (Å²) < 4.78 is 28.1. The van der Waals surface area contributed by atoms with Gasteiger partial charge in [0.05, 0.1) is 0 Å². The molecule has 1 aromatic carbocycles. The summed E-state index contributed by atoms with van der Waals surface area (Å²) in [5, 5.41) is 13.9. The standard InChI is InChI=1S/C13H18F2N2O3/c1-9(6-7-18)8-16-13(19)17-10-2-4-11(5-3-10)20-12(14)15/h2-5,9,12,18H,6-8H2,1H3,(H2,16,17,19). The van der Waals surface area contributed by atoms with Crippen molar-refractivity contribution in [3.63, 3.8) is 0 Å². The van der Waals surface area contributed by atoms with Crippen LogP contribution in [0.3, 0.4) is 0 Å². The quantitative estimate of drug-likeness (QED) is 0.721. The van der Waals surface area contributed by atoms with Crippen LogP contribution in [0, 0.1) is 5.92 Å². The van der Waals surface area contributed by atoms with Crippen LogP contribution in [0.25, 0.3) is 0 Å². The van der Waals surface area contributed by atoms with Crippen molar-refractivity contribution in [2.45, 2.75) is 20.0 Å². The third kappa shape index (κ3) is 6.33. The molecule has 2 amide bonds. The Labute approximate surface area is 115 Å². The van der Waals surface area contributed by atoms with Gasteiger partial charge in [-0.1, -0.05) is 6.92 Å². The number of nitrogens with one attached hydrogen (secondary N) is 2. The summed E-state index contributed by atoms with van der Waals surface area (Å²) in [6.07, 6.45) is 0.611. The molecule has 0 bridgehead atoms. The zero-order valence-electron chi connectivity index (χ0n) is 11.1. The smallest absolute Gasteiger partial charge is 0.387 e. The molecule has 0 aliphatic carbocycles. The van der Waals surface area contributed by atoms with E-state index in [0.29, 0.717) is 18.7 Å². The van der Waals surface area contributed by atoms with Crippen LogP contribution in [0.4, 0.5) is 19.3 Å². The highest BCUT2D eigenvalue weighted by Gasteiger charge is 2.07. The van der Waals surface area contributed by atoms with E-state index in [1.54, 1.807) is 0 Å². The molecule has 0 fully saturated rings. The van der Waals surface area contributed by atoms with Crippen molar-refractivity contribution < 1.29 is 23.4 Å². The molecule has 0 radical (unpaired) electrons. The van der Waals surface area contributed by atoms with Crippen molar-refractivity contribution in [2.24, 2.45) is 5.92 Å². The van der Waals surface area contributed by atoms with Gasteiger partial charge in [0.25, 0.3) is 0 Å². The van der Waals surface area contributed by atoms with Gasteiger partial charge >= 0.3 is 12.6 Å². The highest BCUT2D eigenvalue weighted by atomic mass is 19.3. The average molecular weight is 288 g/mol. The van der Waals surface area contributed by atoms with Gasteiger partial charge in [0, 0.05) is 18.8 Å². The van der Waals surface area contributed by atoms with Crippen molar-refractivity contribution in [1.82, 2.24) is 5.32 Å². The Bertz CT molecular complexity index is 413. The van der Waals surface area contributed by atoms with E-state index < -0.39 is 12.6 Å². The second-order valence-corrected chi connectivity index (χ2v) is 4.36. The first-order valence-electron chi connectivity index (χ1n) is 6.22. The molecule has 0 saturated carbocycles. The van der Waals surface area contributed by atoms with E-state index in [0.717, 1.165) is 0 Å². The van der Waals surface area contributed by atoms with Gasteiger partial charge in [-0.2, -0.15) is 8.78 Å². The summed E-state index contributed by atoms with van der Waals surface area (Å²) >= 11 is 0. The number of rotatable bonds is 7. The SMILES string of the molecule is CC(CCO)CNC(=O)Nc1ccc(OC(F)F)cc1. The minimum atomic E-state index is -2.87. The van der Waals surface area contributed by atoms with Crippen LogP contribution in [-0.4, -0.2) is 30.9 Å². The summed E-state index contributed by atoms with van der Waals surface area (Å²) in [6.45, 7) is -0.438. The molecule has 7 heteroatoms. The minimum absolute atomic E-state index is 0.0301. The van der Waals surface area contributed by atoms with Crippen LogP contribution in [-0.2, 0) is 0 Å². The van der Waals surface area contributed by atoms with E-state index >= 15 is 0 Å². The topological polar surface area (TPSA) is 70.6 Å². The zero-order chi connectivity index (χ0) is 15.0. The molecule has 0 aliphatic rings. The Balaban J connectivity index is 2.38. The fraction of sp³-hybridized carbons (Fsp3) is 0.462. The molecule has 0 saturated heterocycles. The lowest BCUT2D eigenvalue weighted by Crippen LogP contribution is -2.32. The molecule has 0 spiro atoms. The fourth-order valence-corrected chi connectivity index (χ4v) is 1.48. The van der Waals surface area contributed by atoms with Crippen LogP contribution in [0.5, 0.6) is 5.75 Å². The van der Waals surface area contributed by atoms with Gasteiger partial charge in [-0.3, -0.25) is 0 Å². The monoisotopic (exact) mass is 288 g/mol. The number of alkyl halides is 2. The highest BCUT2D eigenvalue weighted by Crippen LogP contribution is 2.17. The second-order valence-electron chi connectivity index (χ2n) is 4.36. The molecule has 3 N–H and O–H groups in total. The molecule has 0 heterocycles. The van der Waals surface area contributed by atoms with E-state index in [1.165, 1.54) is 24.3 Å². The zero-order valence-corrected chi connectivity index (χ0v) is 11.1. The number of carbonyl (C=O) groups is 1. The lowest BCUT2D eigenvalue weighted by Gasteiger charge is -2.12. The molecule has 1 atom stereocenters. The van der Waals surface area contributed by atoms with Gasteiger partial charge in [0.2, 0.25) is 0 Å². The predicted molar refractivity (Wildman–Crippen MR) is 71.0 cm³/mol. The maximum Gasteiger partial charge on any atom is 0.387 e. The third-order valence-corrected chi connectivity index (χ3v) is 2.57. The maximum absolute atomic E-state index is 12.0. The minimum Gasteiger partial charge on any atom is -0.435 e. The lowest BCUT2D eigenvalue weighted by molar-refractivity contribution is -0.0498. The molecular weight excluding hydrogens is 270 g/mol. The Morgan fingerprint density at radius 3 is 2.55 bits per heavy atom. The Morgan fingerprint density at radius 2 is 2.00 bits per heavy atom. The van der Waals surface area contributed by atoms with Crippen molar-refractivity contribution >= 4 is 11.7 Å². The number of anilines is 1. The van der Waals surface area contributed by atoms with E-state index in [-0.39, 0.29) is 18.3 Å². The summed E-state index contributed by atoms with van der Waals surface area (Å²) in [5.41, 5.74) is 0.471. The van der Waals surface area contributed by atoms with Crippen molar-refractivity contribution in [3.05, 3.63) is 24.3 Å². The number of amides is 2. The summed E-state index contributed by atoms with van der Waals surface area (Å²) in [4.78, 5) is 11.5. The van der Waals surface area contributed by atoms with Crippen LogP contribution < -0.4 is 15.4 Å². The lowest BCUT2D eigenvalue weighted by atomic mass is 10.1. The average Bonchev–Trinajstić information content (AvgIpc) is 2.38. The Kier molecular flexibility index (Phi) is 6.72. The van der Waals surface area contributed by atoms with Crippen LogP contribution in [0.2, 0.25) is 0 Å². The number of carbonyl (C=O) groups excluding carboxylic acids is 1. The molecule has 20 heavy (non-hydrogen) atoms. The largest absolute Gasteiger partial charge is 0.435 e. The van der Waals surface area contributed by atoms with Gasteiger partial charge in [0.1, 0.15) is 5.75 Å². The molecule has 1 rings (SSSR count). The first-order valence-corrected chi connectivity index (χ1v) is 6.22. The van der Waals surface area contributed by atoms with Crippen LogP contribution in [0.15, 0.2) is 24.3 Å².